The fourth-order valence-corrected chi connectivity index (χ4v) is 3.59. The number of methoxy groups -OCH3 is 1. The molecule has 0 unspecified atom stereocenters. The van der Waals surface area contributed by atoms with Crippen molar-refractivity contribution in [3.63, 3.8) is 0 Å². The van der Waals surface area contributed by atoms with Crippen LogP contribution in [-0.2, 0) is 19.5 Å². The van der Waals surface area contributed by atoms with E-state index in [-0.39, 0.29) is 11.5 Å². The lowest BCUT2D eigenvalue weighted by Crippen LogP contribution is -2.31. The van der Waals surface area contributed by atoms with Gasteiger partial charge < -0.3 is 19.5 Å². The number of hydrogen-bond acceptors (Lipinski definition) is 5. The zero-order chi connectivity index (χ0) is 17.1. The van der Waals surface area contributed by atoms with Crippen LogP contribution in [0.25, 0.3) is 0 Å². The Morgan fingerprint density at radius 1 is 1.38 bits per heavy atom. The molecule has 0 aromatic carbocycles. The van der Waals surface area contributed by atoms with Gasteiger partial charge in [0.05, 0.1) is 7.11 Å². The number of fused-ring (bicyclic) bond motifs is 1. The number of rotatable bonds is 4. The van der Waals surface area contributed by atoms with E-state index in [1.165, 1.54) is 13.2 Å². The number of pyridine rings is 1. The molecule has 1 N–H and O–H groups in total. The van der Waals surface area contributed by atoms with Gasteiger partial charge in [-0.15, -0.1) is 0 Å². The molecule has 1 aliphatic rings. The number of amides is 1. The minimum Gasteiger partial charge on any atom is -0.496 e. The van der Waals surface area contributed by atoms with Crippen molar-refractivity contribution in [2.75, 3.05) is 27.2 Å². The molecule has 0 aliphatic carbocycles. The Kier molecular flexibility index (Phi) is 5.01. The fraction of sp³-hybridized carbons (Fsp3) is 0.412. The topological polar surface area (TPSA) is 63.6 Å². The Hall–Kier alpha value is -2.12. The van der Waals surface area contributed by atoms with Crippen molar-refractivity contribution in [1.29, 1.82) is 0 Å². The monoisotopic (exact) mass is 347 g/mol. The molecule has 0 bridgehead atoms. The highest BCUT2D eigenvalue weighted by atomic mass is 32.1. The van der Waals surface area contributed by atoms with Gasteiger partial charge in [0, 0.05) is 44.4 Å². The molecule has 0 spiro atoms. The van der Waals surface area contributed by atoms with E-state index in [0.717, 1.165) is 24.3 Å². The van der Waals surface area contributed by atoms with Crippen molar-refractivity contribution in [3.8, 4) is 5.75 Å². The number of likely N-dealkylation sites (N-methyl/N-ethyl adjacent to an activating group) is 1. The summed E-state index contributed by atoms with van der Waals surface area (Å²) in [5, 5.41) is 6.92. The van der Waals surface area contributed by atoms with E-state index < -0.39 is 0 Å². The zero-order valence-electron chi connectivity index (χ0n) is 13.9. The molecular formula is C17H21N3O3S. The smallest absolute Gasteiger partial charge is 0.257 e. The summed E-state index contributed by atoms with van der Waals surface area (Å²) in [6, 6.07) is 3.39. The highest BCUT2D eigenvalue weighted by molar-refractivity contribution is 7.07. The second-order valence-corrected chi connectivity index (χ2v) is 6.67. The van der Waals surface area contributed by atoms with Gasteiger partial charge >= 0.3 is 0 Å². The minimum absolute atomic E-state index is 0.119. The van der Waals surface area contributed by atoms with Gasteiger partial charge in [-0.2, -0.15) is 11.3 Å². The molecule has 0 saturated heterocycles. The Morgan fingerprint density at radius 3 is 2.92 bits per heavy atom. The predicted octanol–water partition coefficient (Wildman–Crippen LogP) is 1.34. The number of carbonyl (C=O) groups is 1. The van der Waals surface area contributed by atoms with Gasteiger partial charge in [-0.3, -0.25) is 9.59 Å². The minimum atomic E-state index is -0.202. The first kappa shape index (κ1) is 16.7. The number of aromatic nitrogens is 1. The lowest BCUT2D eigenvalue weighted by molar-refractivity contribution is 0.0945. The largest absolute Gasteiger partial charge is 0.496 e. The molecule has 7 heteroatoms. The van der Waals surface area contributed by atoms with Crippen molar-refractivity contribution in [3.05, 3.63) is 50.1 Å². The van der Waals surface area contributed by atoms with Crippen LogP contribution in [0.15, 0.2) is 27.7 Å². The van der Waals surface area contributed by atoms with E-state index in [1.54, 1.807) is 15.9 Å². The number of hydrogen-bond donors (Lipinski definition) is 1. The van der Waals surface area contributed by atoms with Crippen LogP contribution in [0.2, 0.25) is 0 Å². The SMILES string of the molecule is COc1cc(=O)n2c(c1C(=O)NCc1ccsc1)CCN(C)CC2. The molecule has 1 aliphatic heterocycles. The molecule has 3 heterocycles. The Labute approximate surface area is 144 Å². The molecule has 24 heavy (non-hydrogen) atoms. The van der Waals surface area contributed by atoms with Crippen LogP contribution in [0.1, 0.15) is 21.6 Å². The van der Waals surface area contributed by atoms with E-state index in [0.29, 0.717) is 30.8 Å². The average molecular weight is 347 g/mol. The molecule has 0 radical (unpaired) electrons. The summed E-state index contributed by atoms with van der Waals surface area (Å²) in [6.07, 6.45) is 0.643. The summed E-state index contributed by atoms with van der Waals surface area (Å²) in [7, 11) is 3.51. The molecule has 0 atom stereocenters. The van der Waals surface area contributed by atoms with Gasteiger partial charge in [-0.25, -0.2) is 0 Å². The lowest BCUT2D eigenvalue weighted by Gasteiger charge is -2.17. The van der Waals surface area contributed by atoms with Crippen LogP contribution in [0.3, 0.4) is 0 Å². The first-order chi connectivity index (χ1) is 11.6. The maximum Gasteiger partial charge on any atom is 0.257 e. The quantitative estimate of drug-likeness (QED) is 0.906. The molecule has 2 aromatic heterocycles. The summed E-state index contributed by atoms with van der Waals surface area (Å²) in [5.74, 6) is 0.143. The molecule has 6 nitrogen and oxygen atoms in total. The lowest BCUT2D eigenvalue weighted by atomic mass is 10.1. The van der Waals surface area contributed by atoms with Crippen LogP contribution in [-0.4, -0.2) is 42.6 Å². The zero-order valence-corrected chi connectivity index (χ0v) is 14.7. The third-order valence-electron chi connectivity index (χ3n) is 4.30. The first-order valence-corrected chi connectivity index (χ1v) is 8.83. The first-order valence-electron chi connectivity index (χ1n) is 7.88. The van der Waals surface area contributed by atoms with Gasteiger partial charge in [0.2, 0.25) is 0 Å². The Balaban J connectivity index is 1.96. The summed E-state index contributed by atoms with van der Waals surface area (Å²) < 4.78 is 7.03. The molecule has 2 aromatic rings. The maximum absolute atomic E-state index is 12.8. The van der Waals surface area contributed by atoms with Crippen molar-refractivity contribution >= 4 is 17.2 Å². The standard InChI is InChI=1S/C17H21N3O3S/c1-19-5-3-13-16(17(22)18-10-12-4-8-24-11-12)14(23-2)9-15(21)20(13)7-6-19/h4,8-9,11H,3,5-7,10H2,1-2H3,(H,18,22). The van der Waals surface area contributed by atoms with Crippen LogP contribution < -0.4 is 15.6 Å². The number of nitrogens with one attached hydrogen (secondary N) is 1. The Morgan fingerprint density at radius 2 is 2.21 bits per heavy atom. The van der Waals surface area contributed by atoms with E-state index in [4.69, 9.17) is 4.74 Å². The van der Waals surface area contributed by atoms with E-state index in [2.05, 4.69) is 10.2 Å². The average Bonchev–Trinajstić information content (AvgIpc) is 3.02. The van der Waals surface area contributed by atoms with Crippen molar-refractivity contribution < 1.29 is 9.53 Å². The van der Waals surface area contributed by atoms with Crippen LogP contribution in [0.5, 0.6) is 5.75 Å². The predicted molar refractivity (Wildman–Crippen MR) is 93.9 cm³/mol. The Bertz CT molecular complexity index is 783. The maximum atomic E-state index is 12.8. The highest BCUT2D eigenvalue weighted by Gasteiger charge is 2.24. The molecule has 128 valence electrons. The van der Waals surface area contributed by atoms with Gasteiger partial charge in [-0.1, -0.05) is 0 Å². The van der Waals surface area contributed by atoms with Gasteiger partial charge in [0.25, 0.3) is 11.5 Å². The molecule has 3 rings (SSSR count). The summed E-state index contributed by atoms with van der Waals surface area (Å²) in [6.45, 7) is 2.63. The summed E-state index contributed by atoms with van der Waals surface area (Å²) >= 11 is 1.60. The molecule has 1 amide bonds. The van der Waals surface area contributed by atoms with Crippen molar-refractivity contribution in [1.82, 2.24) is 14.8 Å². The van der Waals surface area contributed by atoms with Gasteiger partial charge in [0.1, 0.15) is 11.3 Å². The third-order valence-corrected chi connectivity index (χ3v) is 5.03. The summed E-state index contributed by atoms with van der Waals surface area (Å²) in [5.41, 5.74) is 2.17. The number of thiophene rings is 1. The molecule has 0 saturated carbocycles. The van der Waals surface area contributed by atoms with Gasteiger partial charge in [0.15, 0.2) is 0 Å². The normalized spacial score (nSPS) is 14.8. The van der Waals surface area contributed by atoms with Crippen LogP contribution in [0, 0.1) is 0 Å². The van der Waals surface area contributed by atoms with E-state index >= 15 is 0 Å². The van der Waals surface area contributed by atoms with Crippen molar-refractivity contribution in [2.45, 2.75) is 19.5 Å². The fourth-order valence-electron chi connectivity index (χ4n) is 2.92. The third kappa shape index (κ3) is 3.37. The van der Waals surface area contributed by atoms with Crippen LogP contribution in [0.4, 0.5) is 0 Å². The van der Waals surface area contributed by atoms with E-state index in [9.17, 15) is 9.59 Å². The second-order valence-electron chi connectivity index (χ2n) is 5.89. The summed E-state index contributed by atoms with van der Waals surface area (Å²) in [4.78, 5) is 27.3. The van der Waals surface area contributed by atoms with Crippen molar-refractivity contribution in [2.24, 2.45) is 0 Å². The molecule has 0 fully saturated rings. The molecular weight excluding hydrogens is 326 g/mol. The van der Waals surface area contributed by atoms with E-state index in [1.807, 2.05) is 23.9 Å². The number of ether oxygens (including phenoxy) is 1. The van der Waals surface area contributed by atoms with Gasteiger partial charge in [-0.05, 0) is 29.4 Å². The highest BCUT2D eigenvalue weighted by Crippen LogP contribution is 2.22. The number of nitrogens with zero attached hydrogens (tertiary/aromatic N) is 2. The second kappa shape index (κ2) is 7.19. The number of carbonyl (C=O) groups excluding carboxylic acids is 1. The van der Waals surface area contributed by atoms with Crippen LogP contribution >= 0.6 is 11.3 Å².